The largest absolute Gasteiger partial charge is 0.292 e. The van der Waals surface area contributed by atoms with Gasteiger partial charge in [0.15, 0.2) is 15.5 Å². The summed E-state index contributed by atoms with van der Waals surface area (Å²) in [6, 6.07) is 8.26. The summed E-state index contributed by atoms with van der Waals surface area (Å²) in [4.78, 5) is 15.8. The molecule has 0 aliphatic rings. The van der Waals surface area contributed by atoms with Crippen molar-refractivity contribution in [2.24, 2.45) is 0 Å². The zero-order valence-electron chi connectivity index (χ0n) is 13.5. The zero-order valence-corrected chi connectivity index (χ0v) is 14.3. The molecule has 0 atom stereocenters. The first-order valence-electron chi connectivity index (χ1n) is 7.32. The van der Waals surface area contributed by atoms with Gasteiger partial charge in [-0.15, -0.1) is 5.10 Å². The summed E-state index contributed by atoms with van der Waals surface area (Å²) in [5.74, 6) is -1.65. The molecule has 1 aromatic carbocycles. The Bertz CT molecular complexity index is 1080. The number of carbonyl (C=O) groups excluding carboxylic acids is 1. The van der Waals surface area contributed by atoms with Gasteiger partial charge in [-0.2, -0.15) is 4.98 Å². The van der Waals surface area contributed by atoms with Crippen LogP contribution in [0, 0.1) is 12.7 Å². The third-order valence-corrected chi connectivity index (χ3v) is 4.34. The van der Waals surface area contributed by atoms with Gasteiger partial charge in [0.25, 0.3) is 0 Å². The molecule has 0 bridgehead atoms. The van der Waals surface area contributed by atoms with Crippen LogP contribution >= 0.6 is 0 Å². The van der Waals surface area contributed by atoms with E-state index in [2.05, 4.69) is 15.4 Å². The molecule has 2 heterocycles. The summed E-state index contributed by atoms with van der Waals surface area (Å²) in [6.07, 6.45) is 2.63. The van der Waals surface area contributed by atoms with Gasteiger partial charge in [0.1, 0.15) is 11.6 Å². The number of rotatable bonds is 4. The van der Waals surface area contributed by atoms with Crippen molar-refractivity contribution in [2.75, 3.05) is 17.3 Å². The average Bonchev–Trinajstić information content (AvgIpc) is 2.89. The summed E-state index contributed by atoms with van der Waals surface area (Å²) >= 11 is 0. The molecular weight excluding hydrogens is 347 g/mol. The zero-order chi connectivity index (χ0) is 18.2. The van der Waals surface area contributed by atoms with E-state index < -0.39 is 21.5 Å². The maximum Gasteiger partial charge on any atom is 0.249 e. The SMILES string of the molecule is Cc1c(F)cccc1-c1ccc2nc(NC(=O)CS(C)(=O)=O)nn2c1. The van der Waals surface area contributed by atoms with Crippen molar-refractivity contribution in [1.82, 2.24) is 14.6 Å². The number of aromatic nitrogens is 3. The van der Waals surface area contributed by atoms with Gasteiger partial charge in [-0.3, -0.25) is 10.1 Å². The molecule has 0 saturated carbocycles. The number of benzene rings is 1. The van der Waals surface area contributed by atoms with Gasteiger partial charge < -0.3 is 0 Å². The van der Waals surface area contributed by atoms with Gasteiger partial charge in [-0.1, -0.05) is 12.1 Å². The Hall–Kier alpha value is -2.81. The summed E-state index contributed by atoms with van der Waals surface area (Å²) in [5.41, 5.74) is 2.44. The van der Waals surface area contributed by atoms with Crippen LogP contribution in [-0.2, 0) is 14.6 Å². The van der Waals surface area contributed by atoms with Gasteiger partial charge in [-0.25, -0.2) is 17.3 Å². The fourth-order valence-corrected chi connectivity index (χ4v) is 2.96. The number of pyridine rings is 1. The Kier molecular flexibility index (Phi) is 4.25. The summed E-state index contributed by atoms with van der Waals surface area (Å²) in [7, 11) is -3.44. The molecule has 0 spiro atoms. The van der Waals surface area contributed by atoms with E-state index >= 15 is 0 Å². The Balaban J connectivity index is 1.92. The van der Waals surface area contributed by atoms with E-state index in [-0.39, 0.29) is 11.8 Å². The van der Waals surface area contributed by atoms with Crippen LogP contribution in [0.15, 0.2) is 36.5 Å². The van der Waals surface area contributed by atoms with Crippen molar-refractivity contribution >= 4 is 27.3 Å². The lowest BCUT2D eigenvalue weighted by Crippen LogP contribution is -2.22. The molecule has 1 amide bonds. The van der Waals surface area contributed by atoms with Gasteiger partial charge in [0.05, 0.1) is 0 Å². The molecule has 9 heteroatoms. The smallest absolute Gasteiger partial charge is 0.249 e. The Labute approximate surface area is 143 Å². The van der Waals surface area contributed by atoms with Crippen LogP contribution < -0.4 is 5.32 Å². The Morgan fingerprint density at radius 3 is 2.76 bits per heavy atom. The highest BCUT2D eigenvalue weighted by Crippen LogP contribution is 2.25. The fourth-order valence-electron chi connectivity index (χ4n) is 2.41. The van der Waals surface area contributed by atoms with E-state index in [0.29, 0.717) is 11.2 Å². The van der Waals surface area contributed by atoms with Gasteiger partial charge in [-0.05, 0) is 36.2 Å². The van der Waals surface area contributed by atoms with Crippen LogP contribution in [-0.4, -0.2) is 40.9 Å². The van der Waals surface area contributed by atoms with Crippen LogP contribution in [0.2, 0.25) is 0 Å². The Morgan fingerprint density at radius 1 is 1.28 bits per heavy atom. The van der Waals surface area contributed by atoms with Crippen LogP contribution in [0.4, 0.5) is 10.3 Å². The summed E-state index contributed by atoms with van der Waals surface area (Å²) in [6.45, 7) is 1.69. The van der Waals surface area contributed by atoms with Crippen LogP contribution in [0.5, 0.6) is 0 Å². The molecule has 1 N–H and O–H groups in total. The molecule has 3 aromatic rings. The lowest BCUT2D eigenvalue weighted by Gasteiger charge is -2.06. The van der Waals surface area contributed by atoms with E-state index in [1.54, 1.807) is 37.4 Å². The summed E-state index contributed by atoms with van der Waals surface area (Å²) < 4.78 is 37.4. The number of hydrogen-bond donors (Lipinski definition) is 1. The highest BCUT2D eigenvalue weighted by atomic mass is 32.2. The predicted molar refractivity (Wildman–Crippen MR) is 91.5 cm³/mol. The van der Waals surface area contributed by atoms with Crippen molar-refractivity contribution in [2.45, 2.75) is 6.92 Å². The summed E-state index contributed by atoms with van der Waals surface area (Å²) in [5, 5.41) is 6.45. The molecule has 0 radical (unpaired) electrons. The number of hydrogen-bond acceptors (Lipinski definition) is 5. The maximum absolute atomic E-state index is 13.7. The first-order valence-corrected chi connectivity index (χ1v) is 9.38. The third-order valence-electron chi connectivity index (χ3n) is 3.55. The maximum atomic E-state index is 13.7. The fraction of sp³-hybridized carbons (Fsp3) is 0.188. The van der Waals surface area contributed by atoms with Gasteiger partial charge in [0, 0.05) is 18.0 Å². The quantitative estimate of drug-likeness (QED) is 0.764. The molecule has 7 nitrogen and oxygen atoms in total. The highest BCUT2D eigenvalue weighted by molar-refractivity contribution is 7.91. The van der Waals surface area contributed by atoms with Crippen LogP contribution in [0.1, 0.15) is 5.56 Å². The van der Waals surface area contributed by atoms with E-state index in [4.69, 9.17) is 0 Å². The number of sulfone groups is 1. The molecular formula is C16H15FN4O3S. The monoisotopic (exact) mass is 362 g/mol. The molecule has 0 fully saturated rings. The van der Waals surface area contributed by atoms with Crippen molar-refractivity contribution in [3.63, 3.8) is 0 Å². The normalized spacial score (nSPS) is 11.6. The lowest BCUT2D eigenvalue weighted by atomic mass is 10.0. The molecule has 0 unspecified atom stereocenters. The minimum atomic E-state index is -3.44. The van der Waals surface area contributed by atoms with E-state index in [9.17, 15) is 17.6 Å². The van der Waals surface area contributed by atoms with Crippen LogP contribution in [0.25, 0.3) is 16.8 Å². The third kappa shape index (κ3) is 3.82. The highest BCUT2D eigenvalue weighted by Gasteiger charge is 2.14. The van der Waals surface area contributed by atoms with E-state index in [1.807, 2.05) is 0 Å². The predicted octanol–water partition coefficient (Wildman–Crippen LogP) is 1.83. The Morgan fingerprint density at radius 2 is 2.04 bits per heavy atom. The topological polar surface area (TPSA) is 93.4 Å². The van der Waals surface area contributed by atoms with Gasteiger partial charge >= 0.3 is 0 Å². The number of anilines is 1. The number of halogens is 1. The van der Waals surface area contributed by atoms with Crippen molar-refractivity contribution < 1.29 is 17.6 Å². The molecule has 25 heavy (non-hydrogen) atoms. The average molecular weight is 362 g/mol. The van der Waals surface area contributed by atoms with Crippen molar-refractivity contribution in [3.8, 4) is 11.1 Å². The first kappa shape index (κ1) is 17.0. The number of nitrogens with zero attached hydrogens (tertiary/aromatic N) is 3. The molecule has 130 valence electrons. The lowest BCUT2D eigenvalue weighted by molar-refractivity contribution is -0.113. The molecule has 0 aliphatic carbocycles. The minimum absolute atomic E-state index is 0.00163. The van der Waals surface area contributed by atoms with Crippen LogP contribution in [0.3, 0.4) is 0 Å². The number of amides is 1. The second kappa shape index (κ2) is 6.25. The number of carbonyl (C=O) groups is 1. The number of nitrogens with one attached hydrogen (secondary N) is 1. The number of fused-ring (bicyclic) bond motifs is 1. The first-order chi connectivity index (χ1) is 11.7. The molecule has 2 aromatic heterocycles. The van der Waals surface area contributed by atoms with Crippen molar-refractivity contribution in [1.29, 1.82) is 0 Å². The molecule has 0 saturated heterocycles. The second-order valence-corrected chi connectivity index (χ2v) is 7.83. The minimum Gasteiger partial charge on any atom is -0.292 e. The molecule has 3 rings (SSSR count). The van der Waals surface area contributed by atoms with E-state index in [0.717, 1.165) is 17.4 Å². The second-order valence-electron chi connectivity index (χ2n) is 5.69. The van der Waals surface area contributed by atoms with E-state index in [1.165, 1.54) is 10.6 Å². The van der Waals surface area contributed by atoms with Crippen molar-refractivity contribution in [3.05, 3.63) is 47.9 Å². The molecule has 0 aliphatic heterocycles. The van der Waals surface area contributed by atoms with Gasteiger partial charge in [0.2, 0.25) is 11.9 Å². The standard InChI is InChI=1S/C16H15FN4O3S/c1-10-12(4-3-5-13(10)17)11-6-7-14-18-16(20-21(14)8-11)19-15(22)9-25(2,23)24/h3-8H,9H2,1-2H3,(H,19,20,22).